The molecule has 0 radical (unpaired) electrons. The number of piperidine rings is 1. The number of amides is 4. The molecule has 8 nitrogen and oxygen atoms in total. The van der Waals surface area contributed by atoms with Crippen molar-refractivity contribution in [1.82, 2.24) is 15.2 Å². The van der Waals surface area contributed by atoms with E-state index in [1.54, 1.807) is 18.2 Å². The van der Waals surface area contributed by atoms with Gasteiger partial charge < -0.3 is 15.2 Å². The van der Waals surface area contributed by atoms with Crippen molar-refractivity contribution in [2.45, 2.75) is 25.4 Å². The summed E-state index contributed by atoms with van der Waals surface area (Å²) in [7, 11) is 0. The molecule has 1 fully saturated rings. The lowest BCUT2D eigenvalue weighted by Gasteiger charge is -2.29. The zero-order chi connectivity index (χ0) is 21.7. The SMILES string of the molecule is O=C1CCC(N2Cc3cc(NC(=O)c4[nH]c5ccccc5c4Br)ccc3C2=O)C(=O)N1. The van der Waals surface area contributed by atoms with E-state index in [0.29, 0.717) is 27.8 Å². The molecule has 2 aromatic carbocycles. The van der Waals surface area contributed by atoms with Crippen LogP contribution in [-0.4, -0.2) is 39.6 Å². The van der Waals surface area contributed by atoms with Gasteiger partial charge in [0, 0.05) is 35.1 Å². The van der Waals surface area contributed by atoms with Crippen molar-refractivity contribution < 1.29 is 19.2 Å². The number of anilines is 1. The number of para-hydroxylation sites is 1. The maximum Gasteiger partial charge on any atom is 0.273 e. The molecule has 2 aliphatic heterocycles. The maximum atomic E-state index is 12.8. The number of halogens is 1. The highest BCUT2D eigenvalue weighted by Gasteiger charge is 2.39. The summed E-state index contributed by atoms with van der Waals surface area (Å²) < 4.78 is 0.681. The molecule has 2 aliphatic rings. The van der Waals surface area contributed by atoms with E-state index in [1.807, 2.05) is 24.3 Å². The first-order valence-corrected chi connectivity index (χ1v) is 10.6. The Balaban J connectivity index is 1.36. The summed E-state index contributed by atoms with van der Waals surface area (Å²) in [4.78, 5) is 53.8. The second-order valence-electron chi connectivity index (χ2n) is 7.59. The number of carbonyl (C=O) groups is 4. The van der Waals surface area contributed by atoms with E-state index in [2.05, 4.69) is 31.5 Å². The van der Waals surface area contributed by atoms with Gasteiger partial charge in [0.05, 0.1) is 4.47 Å². The number of nitrogens with zero attached hydrogens (tertiary/aromatic N) is 1. The van der Waals surface area contributed by atoms with Gasteiger partial charge in [-0.15, -0.1) is 0 Å². The molecule has 3 N–H and O–H groups in total. The Kier molecular flexibility index (Phi) is 4.62. The summed E-state index contributed by atoms with van der Waals surface area (Å²) in [5.74, 6) is -1.33. The molecule has 0 bridgehead atoms. The van der Waals surface area contributed by atoms with Crippen LogP contribution in [0.5, 0.6) is 0 Å². The number of H-pyrrole nitrogens is 1. The second-order valence-corrected chi connectivity index (χ2v) is 8.38. The van der Waals surface area contributed by atoms with Crippen LogP contribution in [0.1, 0.15) is 39.3 Å². The van der Waals surface area contributed by atoms with Gasteiger partial charge in [0.2, 0.25) is 11.8 Å². The molecule has 3 aromatic rings. The van der Waals surface area contributed by atoms with E-state index >= 15 is 0 Å². The number of carbonyl (C=O) groups excluding carboxylic acids is 4. The van der Waals surface area contributed by atoms with Crippen molar-refractivity contribution in [3.63, 3.8) is 0 Å². The Morgan fingerprint density at radius 2 is 1.94 bits per heavy atom. The van der Waals surface area contributed by atoms with Crippen LogP contribution in [0.3, 0.4) is 0 Å². The Morgan fingerprint density at radius 1 is 1.13 bits per heavy atom. The Labute approximate surface area is 185 Å². The van der Waals surface area contributed by atoms with Crippen LogP contribution in [0.4, 0.5) is 5.69 Å². The minimum Gasteiger partial charge on any atom is -0.350 e. The van der Waals surface area contributed by atoms with Crippen LogP contribution in [0, 0.1) is 0 Å². The zero-order valence-corrected chi connectivity index (χ0v) is 17.8. The van der Waals surface area contributed by atoms with E-state index in [9.17, 15) is 19.2 Å². The summed E-state index contributed by atoms with van der Waals surface area (Å²) in [5, 5.41) is 6.06. The molecule has 5 rings (SSSR count). The minimum absolute atomic E-state index is 0.206. The summed E-state index contributed by atoms with van der Waals surface area (Å²) in [5.41, 5.74) is 3.02. The highest BCUT2D eigenvalue weighted by molar-refractivity contribution is 9.10. The maximum absolute atomic E-state index is 12.8. The quantitative estimate of drug-likeness (QED) is 0.500. The summed E-state index contributed by atoms with van der Waals surface area (Å²) in [6.45, 7) is 0.250. The third kappa shape index (κ3) is 3.31. The minimum atomic E-state index is -0.669. The van der Waals surface area contributed by atoms with Gasteiger partial charge in [0.1, 0.15) is 11.7 Å². The molecule has 1 saturated heterocycles. The fourth-order valence-electron chi connectivity index (χ4n) is 4.11. The molecule has 1 unspecified atom stereocenters. The lowest BCUT2D eigenvalue weighted by atomic mass is 10.0. The van der Waals surface area contributed by atoms with Crippen LogP contribution in [0.25, 0.3) is 10.9 Å². The van der Waals surface area contributed by atoms with Crippen LogP contribution in [0.2, 0.25) is 0 Å². The molecule has 0 saturated carbocycles. The molecule has 31 heavy (non-hydrogen) atoms. The smallest absolute Gasteiger partial charge is 0.273 e. The van der Waals surface area contributed by atoms with Crippen molar-refractivity contribution in [3.8, 4) is 0 Å². The van der Waals surface area contributed by atoms with E-state index in [-0.39, 0.29) is 30.7 Å². The number of nitrogens with one attached hydrogen (secondary N) is 3. The van der Waals surface area contributed by atoms with E-state index in [1.165, 1.54) is 4.90 Å². The van der Waals surface area contributed by atoms with Gasteiger partial charge in [0.25, 0.3) is 11.8 Å². The Hall–Kier alpha value is -3.46. The largest absolute Gasteiger partial charge is 0.350 e. The van der Waals surface area contributed by atoms with Crippen LogP contribution in [0.15, 0.2) is 46.9 Å². The third-order valence-electron chi connectivity index (χ3n) is 5.65. The monoisotopic (exact) mass is 480 g/mol. The number of benzene rings is 2. The molecule has 0 spiro atoms. The van der Waals surface area contributed by atoms with Crippen LogP contribution < -0.4 is 10.6 Å². The van der Waals surface area contributed by atoms with Gasteiger partial charge in [-0.05, 0) is 52.2 Å². The predicted molar refractivity (Wildman–Crippen MR) is 116 cm³/mol. The summed E-state index contributed by atoms with van der Waals surface area (Å²) >= 11 is 3.48. The first-order valence-electron chi connectivity index (χ1n) is 9.77. The van der Waals surface area contributed by atoms with Gasteiger partial charge in [-0.25, -0.2) is 0 Å². The molecule has 1 aromatic heterocycles. The Bertz CT molecular complexity index is 1280. The zero-order valence-electron chi connectivity index (χ0n) is 16.2. The summed E-state index contributed by atoms with van der Waals surface area (Å²) in [6, 6.07) is 12.0. The van der Waals surface area contributed by atoms with Gasteiger partial charge in [-0.2, -0.15) is 0 Å². The lowest BCUT2D eigenvalue weighted by Crippen LogP contribution is -2.52. The lowest BCUT2D eigenvalue weighted by molar-refractivity contribution is -0.136. The Morgan fingerprint density at radius 3 is 2.71 bits per heavy atom. The van der Waals surface area contributed by atoms with Gasteiger partial charge in [0.15, 0.2) is 0 Å². The van der Waals surface area contributed by atoms with Crippen molar-refractivity contribution in [2.75, 3.05) is 5.32 Å². The third-order valence-corrected chi connectivity index (χ3v) is 6.47. The number of hydrogen-bond donors (Lipinski definition) is 3. The molecule has 9 heteroatoms. The fourth-order valence-corrected chi connectivity index (χ4v) is 4.73. The van der Waals surface area contributed by atoms with Crippen molar-refractivity contribution in [2.24, 2.45) is 0 Å². The van der Waals surface area contributed by atoms with Crippen molar-refractivity contribution >= 4 is 56.1 Å². The molecule has 0 aliphatic carbocycles. The topological polar surface area (TPSA) is 111 Å². The molecular formula is C22H17BrN4O4. The second kappa shape index (κ2) is 7.35. The highest BCUT2D eigenvalue weighted by atomic mass is 79.9. The van der Waals surface area contributed by atoms with E-state index < -0.39 is 11.9 Å². The number of hydrogen-bond acceptors (Lipinski definition) is 4. The van der Waals surface area contributed by atoms with Gasteiger partial charge in [-0.3, -0.25) is 24.5 Å². The molecule has 1 atom stereocenters. The van der Waals surface area contributed by atoms with E-state index in [0.717, 1.165) is 16.5 Å². The average Bonchev–Trinajstić information content (AvgIpc) is 3.25. The van der Waals surface area contributed by atoms with Crippen molar-refractivity contribution in [1.29, 1.82) is 0 Å². The molecule has 3 heterocycles. The first-order chi connectivity index (χ1) is 14.9. The highest BCUT2D eigenvalue weighted by Crippen LogP contribution is 2.31. The average molecular weight is 481 g/mol. The standard InChI is InChI=1S/C22H17BrN4O4/c23-18-14-3-1-2-4-15(14)25-19(18)21(30)24-12-5-6-13-11(9-12)10-27(22(13)31)16-7-8-17(28)26-20(16)29/h1-6,9,16,25H,7-8,10H2,(H,24,30)(H,26,28,29). The van der Waals surface area contributed by atoms with Gasteiger partial charge in [-0.1, -0.05) is 18.2 Å². The first kappa shape index (κ1) is 19.5. The molecule has 156 valence electrons. The number of imide groups is 1. The predicted octanol–water partition coefficient (Wildman–Crippen LogP) is 2.94. The van der Waals surface area contributed by atoms with Crippen LogP contribution in [-0.2, 0) is 16.1 Å². The van der Waals surface area contributed by atoms with Crippen molar-refractivity contribution in [3.05, 3.63) is 63.8 Å². The van der Waals surface area contributed by atoms with E-state index in [4.69, 9.17) is 0 Å². The number of rotatable bonds is 3. The van der Waals surface area contributed by atoms with Gasteiger partial charge >= 0.3 is 0 Å². The number of aromatic amines is 1. The molecular weight excluding hydrogens is 464 g/mol. The fraction of sp³-hybridized carbons (Fsp3) is 0.182. The normalized spacial score (nSPS) is 18.3. The van der Waals surface area contributed by atoms with Crippen LogP contribution >= 0.6 is 15.9 Å². The number of fused-ring (bicyclic) bond motifs is 2. The molecule has 4 amide bonds. The number of aromatic nitrogens is 1. The summed E-state index contributed by atoms with van der Waals surface area (Å²) in [6.07, 6.45) is 0.514.